The summed E-state index contributed by atoms with van der Waals surface area (Å²) in [5, 5.41) is 2.50. The van der Waals surface area contributed by atoms with E-state index in [2.05, 4.69) is 10.3 Å². The second-order valence-electron chi connectivity index (χ2n) is 8.60. The lowest BCUT2D eigenvalue weighted by Crippen LogP contribution is -2.20. The van der Waals surface area contributed by atoms with E-state index in [-0.39, 0.29) is 35.7 Å². The second-order valence-corrected chi connectivity index (χ2v) is 8.60. The third kappa shape index (κ3) is 4.98. The van der Waals surface area contributed by atoms with Crippen molar-refractivity contribution in [2.24, 2.45) is 5.41 Å². The van der Waals surface area contributed by atoms with Crippen LogP contribution >= 0.6 is 0 Å². The number of nitrogens with zero attached hydrogens (tertiary/aromatic N) is 2. The lowest BCUT2D eigenvalue weighted by molar-refractivity contribution is -0.138. The SMILES string of the molecule is Cc1cc(Cn2ccc3nc(NC(=O)CC(C)(C)C)c(F)cc32)ccc1C(F)(F)F. The average molecular weight is 421 g/mol. The van der Waals surface area contributed by atoms with E-state index in [1.54, 1.807) is 16.8 Å². The van der Waals surface area contributed by atoms with E-state index in [4.69, 9.17) is 0 Å². The molecule has 0 aliphatic heterocycles. The number of rotatable bonds is 4. The molecule has 30 heavy (non-hydrogen) atoms. The standard InChI is InChI=1S/C22H23F4N3O/c1-13-9-14(5-6-15(13)22(24,25)26)12-29-8-7-17-18(29)10-16(23)20(27-17)28-19(30)11-21(2,3)4/h5-10H,11-12H2,1-4H3,(H,27,28,30). The third-order valence-electron chi connectivity index (χ3n) is 4.60. The van der Waals surface area contributed by atoms with Gasteiger partial charge in [-0.3, -0.25) is 4.79 Å². The Kier molecular flexibility index (Phi) is 5.62. The van der Waals surface area contributed by atoms with Gasteiger partial charge in [0, 0.05) is 25.2 Å². The van der Waals surface area contributed by atoms with Gasteiger partial charge in [-0.15, -0.1) is 0 Å². The summed E-state index contributed by atoms with van der Waals surface area (Å²) >= 11 is 0. The summed E-state index contributed by atoms with van der Waals surface area (Å²) in [5.74, 6) is -1.14. The molecule has 3 rings (SSSR count). The van der Waals surface area contributed by atoms with Crippen LogP contribution in [0.3, 0.4) is 0 Å². The molecule has 0 fully saturated rings. The highest BCUT2D eigenvalue weighted by molar-refractivity contribution is 5.91. The predicted octanol–water partition coefficient (Wildman–Crippen LogP) is 5.93. The van der Waals surface area contributed by atoms with Gasteiger partial charge in [0.15, 0.2) is 11.6 Å². The fraction of sp³-hybridized carbons (Fsp3) is 0.364. The smallest absolute Gasteiger partial charge is 0.342 e. The van der Waals surface area contributed by atoms with Crippen LogP contribution in [0.2, 0.25) is 0 Å². The van der Waals surface area contributed by atoms with Crippen LogP contribution in [0, 0.1) is 18.2 Å². The molecule has 0 saturated carbocycles. The van der Waals surface area contributed by atoms with E-state index in [1.165, 1.54) is 25.1 Å². The normalized spacial score (nSPS) is 12.4. The van der Waals surface area contributed by atoms with Crippen LogP contribution in [0.5, 0.6) is 0 Å². The van der Waals surface area contributed by atoms with Gasteiger partial charge in [0.05, 0.1) is 16.6 Å². The van der Waals surface area contributed by atoms with Crippen LogP contribution < -0.4 is 5.32 Å². The maximum absolute atomic E-state index is 14.5. The number of hydrogen-bond acceptors (Lipinski definition) is 2. The Hall–Kier alpha value is -2.90. The van der Waals surface area contributed by atoms with Crippen LogP contribution in [0.1, 0.15) is 43.9 Å². The van der Waals surface area contributed by atoms with Crippen molar-refractivity contribution in [3.63, 3.8) is 0 Å². The van der Waals surface area contributed by atoms with E-state index >= 15 is 0 Å². The van der Waals surface area contributed by atoms with Gasteiger partial charge >= 0.3 is 6.18 Å². The van der Waals surface area contributed by atoms with Gasteiger partial charge in [-0.05, 0) is 35.6 Å². The molecule has 0 aliphatic rings. The summed E-state index contributed by atoms with van der Waals surface area (Å²) in [6.45, 7) is 7.39. The first-order valence-electron chi connectivity index (χ1n) is 9.45. The van der Waals surface area contributed by atoms with Crippen molar-refractivity contribution >= 4 is 22.8 Å². The molecule has 0 radical (unpaired) electrons. The zero-order chi connectivity index (χ0) is 22.3. The molecule has 1 N–H and O–H groups in total. The van der Waals surface area contributed by atoms with Crippen molar-refractivity contribution in [3.05, 3.63) is 59.0 Å². The molecular weight excluding hydrogens is 398 g/mol. The lowest BCUT2D eigenvalue weighted by Gasteiger charge is -2.17. The second kappa shape index (κ2) is 7.74. The summed E-state index contributed by atoms with van der Waals surface area (Å²) in [6.07, 6.45) is -2.49. The van der Waals surface area contributed by atoms with E-state index in [1.807, 2.05) is 20.8 Å². The first kappa shape index (κ1) is 21.8. The number of aromatic nitrogens is 2. The number of fused-ring (bicyclic) bond motifs is 1. The first-order valence-corrected chi connectivity index (χ1v) is 9.45. The molecule has 3 aromatic rings. The molecule has 0 spiro atoms. The summed E-state index contributed by atoms with van der Waals surface area (Å²) in [7, 11) is 0. The topological polar surface area (TPSA) is 46.9 Å². The van der Waals surface area contributed by atoms with Crippen LogP contribution in [0.15, 0.2) is 36.5 Å². The number of carbonyl (C=O) groups excluding carboxylic acids is 1. The van der Waals surface area contributed by atoms with E-state index in [0.29, 0.717) is 16.6 Å². The molecule has 0 atom stereocenters. The number of nitrogens with one attached hydrogen (secondary N) is 1. The zero-order valence-electron chi connectivity index (χ0n) is 17.2. The fourth-order valence-corrected chi connectivity index (χ4v) is 3.31. The molecule has 4 nitrogen and oxygen atoms in total. The molecular formula is C22H23F4N3O. The highest BCUT2D eigenvalue weighted by atomic mass is 19.4. The maximum Gasteiger partial charge on any atom is 0.416 e. The van der Waals surface area contributed by atoms with Crippen molar-refractivity contribution in [2.45, 2.75) is 46.8 Å². The van der Waals surface area contributed by atoms with Crippen LogP contribution in [-0.4, -0.2) is 15.5 Å². The molecule has 1 aromatic carbocycles. The Morgan fingerprint density at radius 2 is 1.83 bits per heavy atom. The molecule has 8 heteroatoms. The number of aryl methyl sites for hydroxylation is 1. The first-order chi connectivity index (χ1) is 13.8. The lowest BCUT2D eigenvalue weighted by atomic mass is 9.92. The number of halogens is 4. The third-order valence-corrected chi connectivity index (χ3v) is 4.60. The van der Waals surface area contributed by atoms with Crippen LogP contribution in [-0.2, 0) is 17.5 Å². The highest BCUT2D eigenvalue weighted by Crippen LogP contribution is 2.32. The molecule has 0 bridgehead atoms. The van der Waals surface area contributed by atoms with Crippen molar-refractivity contribution in [1.29, 1.82) is 0 Å². The Labute approximate surface area is 171 Å². The van der Waals surface area contributed by atoms with Crippen molar-refractivity contribution in [3.8, 4) is 0 Å². The van der Waals surface area contributed by atoms with Gasteiger partial charge in [-0.1, -0.05) is 32.9 Å². The Morgan fingerprint density at radius 3 is 2.43 bits per heavy atom. The Balaban J connectivity index is 1.85. The Bertz CT molecular complexity index is 1090. The van der Waals surface area contributed by atoms with Gasteiger partial charge in [0.1, 0.15) is 0 Å². The quantitative estimate of drug-likeness (QED) is 0.531. The number of amides is 1. The molecule has 1 amide bonds. The summed E-state index contributed by atoms with van der Waals surface area (Å²) in [5.41, 5.74) is 0.829. The summed E-state index contributed by atoms with van der Waals surface area (Å²) < 4.78 is 55.1. The molecule has 0 unspecified atom stereocenters. The van der Waals surface area contributed by atoms with Crippen molar-refractivity contribution in [2.75, 3.05) is 5.32 Å². The number of alkyl halides is 3. The minimum atomic E-state index is -4.40. The van der Waals surface area contributed by atoms with Gasteiger partial charge in [0.25, 0.3) is 0 Å². The largest absolute Gasteiger partial charge is 0.416 e. The fourth-order valence-electron chi connectivity index (χ4n) is 3.31. The monoisotopic (exact) mass is 421 g/mol. The minimum Gasteiger partial charge on any atom is -0.342 e. The van der Waals surface area contributed by atoms with Crippen LogP contribution in [0.25, 0.3) is 11.0 Å². The van der Waals surface area contributed by atoms with Gasteiger partial charge in [-0.2, -0.15) is 13.2 Å². The minimum absolute atomic E-state index is 0.129. The summed E-state index contributed by atoms with van der Waals surface area (Å²) in [6, 6.07) is 6.88. The number of benzene rings is 1. The predicted molar refractivity (Wildman–Crippen MR) is 108 cm³/mol. The summed E-state index contributed by atoms with van der Waals surface area (Å²) in [4.78, 5) is 16.3. The Morgan fingerprint density at radius 1 is 1.13 bits per heavy atom. The van der Waals surface area contributed by atoms with Gasteiger partial charge in [0.2, 0.25) is 5.91 Å². The maximum atomic E-state index is 14.5. The molecule has 0 saturated heterocycles. The average Bonchev–Trinajstić information content (AvgIpc) is 2.94. The molecule has 2 aromatic heterocycles. The van der Waals surface area contributed by atoms with E-state index in [9.17, 15) is 22.4 Å². The van der Waals surface area contributed by atoms with Gasteiger partial charge < -0.3 is 9.88 Å². The number of carbonyl (C=O) groups is 1. The van der Waals surface area contributed by atoms with Crippen molar-refractivity contribution in [1.82, 2.24) is 9.55 Å². The molecule has 160 valence electrons. The zero-order valence-corrected chi connectivity index (χ0v) is 17.2. The molecule has 0 aliphatic carbocycles. The van der Waals surface area contributed by atoms with Crippen molar-refractivity contribution < 1.29 is 22.4 Å². The van der Waals surface area contributed by atoms with Crippen LogP contribution in [0.4, 0.5) is 23.4 Å². The van der Waals surface area contributed by atoms with E-state index < -0.39 is 17.6 Å². The van der Waals surface area contributed by atoms with Gasteiger partial charge in [-0.25, -0.2) is 9.37 Å². The number of hydrogen-bond donors (Lipinski definition) is 1. The molecule has 2 heterocycles. The highest BCUT2D eigenvalue weighted by Gasteiger charge is 2.32. The number of anilines is 1. The van der Waals surface area contributed by atoms with E-state index in [0.717, 1.165) is 6.07 Å². The number of pyridine rings is 1.